The van der Waals surface area contributed by atoms with Crippen LogP contribution in [0, 0.1) is 0 Å². The van der Waals surface area contributed by atoms with Crippen molar-refractivity contribution in [2.75, 3.05) is 26.2 Å². The summed E-state index contributed by atoms with van der Waals surface area (Å²) in [6.07, 6.45) is 2.86. The lowest BCUT2D eigenvalue weighted by atomic mass is 10.3. The van der Waals surface area contributed by atoms with E-state index in [0.717, 1.165) is 19.1 Å². The summed E-state index contributed by atoms with van der Waals surface area (Å²) in [4.78, 5) is 9.95. The minimum Gasteiger partial charge on any atom is -0.308 e. The number of hydrogen-bond acceptors (Lipinski definition) is 5. The quantitative estimate of drug-likeness (QED) is 0.868. The second kappa shape index (κ2) is 6.52. The van der Waals surface area contributed by atoms with E-state index in [2.05, 4.69) is 34.3 Å². The molecule has 4 nitrogen and oxygen atoms in total. The number of aromatic nitrogens is 1. The van der Waals surface area contributed by atoms with Crippen molar-refractivity contribution in [1.29, 1.82) is 0 Å². The molecular weight excluding hydrogens is 268 g/mol. The Morgan fingerprint density at radius 2 is 2.05 bits per heavy atom. The summed E-state index contributed by atoms with van der Waals surface area (Å²) in [5.41, 5.74) is 1.25. The van der Waals surface area contributed by atoms with E-state index in [1.54, 1.807) is 11.3 Å². The molecule has 1 aliphatic heterocycles. The summed E-state index contributed by atoms with van der Waals surface area (Å²) in [6.45, 7) is 11.2. The highest BCUT2D eigenvalue weighted by atomic mass is 32.1. The SMILES string of the molecule is CC(C)NCc1nc(CN2CCN(C3CC3)CC2)cs1. The molecule has 2 aliphatic rings. The standard InChI is InChI=1S/C15H26N4S/c1-12(2)16-9-15-17-13(11-20-15)10-18-5-7-19(8-6-18)14-3-4-14/h11-12,14,16H,3-10H2,1-2H3. The van der Waals surface area contributed by atoms with Crippen LogP contribution >= 0.6 is 11.3 Å². The fraction of sp³-hybridized carbons (Fsp3) is 0.800. The first-order chi connectivity index (χ1) is 9.70. The van der Waals surface area contributed by atoms with Gasteiger partial charge in [0.05, 0.1) is 5.69 Å². The number of nitrogens with one attached hydrogen (secondary N) is 1. The largest absolute Gasteiger partial charge is 0.308 e. The average Bonchev–Trinajstić information content (AvgIpc) is 3.19. The van der Waals surface area contributed by atoms with Crippen LogP contribution in [0.5, 0.6) is 0 Å². The van der Waals surface area contributed by atoms with Gasteiger partial charge in [0.25, 0.3) is 0 Å². The Kier molecular flexibility index (Phi) is 4.71. The molecule has 2 heterocycles. The maximum absolute atomic E-state index is 4.74. The molecule has 0 atom stereocenters. The smallest absolute Gasteiger partial charge is 0.107 e. The van der Waals surface area contributed by atoms with Crippen LogP contribution in [0.1, 0.15) is 37.4 Å². The first-order valence-electron chi connectivity index (χ1n) is 7.84. The zero-order valence-corrected chi connectivity index (χ0v) is 13.5. The topological polar surface area (TPSA) is 31.4 Å². The van der Waals surface area contributed by atoms with Crippen molar-refractivity contribution in [3.63, 3.8) is 0 Å². The summed E-state index contributed by atoms with van der Waals surface area (Å²) >= 11 is 1.78. The van der Waals surface area contributed by atoms with Crippen molar-refractivity contribution in [2.45, 2.75) is 51.9 Å². The van der Waals surface area contributed by atoms with Gasteiger partial charge in [-0.1, -0.05) is 13.8 Å². The molecule has 0 amide bonds. The van der Waals surface area contributed by atoms with Crippen molar-refractivity contribution < 1.29 is 0 Å². The fourth-order valence-electron chi connectivity index (χ4n) is 2.75. The molecule has 1 saturated heterocycles. The van der Waals surface area contributed by atoms with Crippen LogP contribution in [0.15, 0.2) is 5.38 Å². The average molecular weight is 294 g/mol. The van der Waals surface area contributed by atoms with E-state index in [4.69, 9.17) is 4.98 Å². The van der Waals surface area contributed by atoms with Gasteiger partial charge in [-0.25, -0.2) is 4.98 Å². The first kappa shape index (κ1) is 14.4. The Bertz CT molecular complexity index is 419. The van der Waals surface area contributed by atoms with Crippen LogP contribution in [0.4, 0.5) is 0 Å². The predicted molar refractivity (Wildman–Crippen MR) is 84.0 cm³/mol. The van der Waals surface area contributed by atoms with E-state index in [0.29, 0.717) is 6.04 Å². The van der Waals surface area contributed by atoms with Crippen molar-refractivity contribution in [1.82, 2.24) is 20.1 Å². The summed E-state index contributed by atoms with van der Waals surface area (Å²) in [7, 11) is 0. The van der Waals surface area contributed by atoms with Gasteiger partial charge in [-0.05, 0) is 12.8 Å². The highest BCUT2D eigenvalue weighted by molar-refractivity contribution is 7.09. The van der Waals surface area contributed by atoms with E-state index in [-0.39, 0.29) is 0 Å². The highest BCUT2D eigenvalue weighted by Gasteiger charge is 2.31. The van der Waals surface area contributed by atoms with E-state index in [1.165, 1.54) is 49.7 Å². The maximum Gasteiger partial charge on any atom is 0.107 e. The molecule has 5 heteroatoms. The molecule has 20 heavy (non-hydrogen) atoms. The maximum atomic E-state index is 4.74. The molecule has 1 aromatic heterocycles. The van der Waals surface area contributed by atoms with E-state index >= 15 is 0 Å². The molecule has 1 N–H and O–H groups in total. The molecule has 0 aromatic carbocycles. The van der Waals surface area contributed by atoms with Gasteiger partial charge in [0.2, 0.25) is 0 Å². The molecule has 0 radical (unpaired) electrons. The molecule has 0 unspecified atom stereocenters. The van der Waals surface area contributed by atoms with Crippen LogP contribution in [-0.2, 0) is 13.1 Å². The molecule has 3 rings (SSSR count). The number of rotatable bonds is 6. The normalized spacial score (nSPS) is 21.8. The molecular formula is C15H26N4S. The van der Waals surface area contributed by atoms with E-state index in [9.17, 15) is 0 Å². The zero-order valence-electron chi connectivity index (χ0n) is 12.6. The van der Waals surface area contributed by atoms with Crippen LogP contribution in [0.3, 0.4) is 0 Å². The number of thiazole rings is 1. The lowest BCUT2D eigenvalue weighted by Crippen LogP contribution is -2.46. The summed E-state index contributed by atoms with van der Waals surface area (Å²) < 4.78 is 0. The van der Waals surface area contributed by atoms with E-state index < -0.39 is 0 Å². The van der Waals surface area contributed by atoms with E-state index in [1.807, 2.05) is 0 Å². The Hall–Kier alpha value is -0.490. The summed E-state index contributed by atoms with van der Waals surface area (Å²) in [5, 5.41) is 6.87. The minimum atomic E-state index is 0.526. The minimum absolute atomic E-state index is 0.526. The van der Waals surface area contributed by atoms with Crippen LogP contribution < -0.4 is 5.32 Å². The summed E-state index contributed by atoms with van der Waals surface area (Å²) in [6, 6.07) is 1.45. The van der Waals surface area contributed by atoms with Crippen molar-refractivity contribution in [2.24, 2.45) is 0 Å². The van der Waals surface area contributed by atoms with Crippen molar-refractivity contribution in [3.05, 3.63) is 16.1 Å². The third-order valence-electron chi connectivity index (χ3n) is 4.12. The van der Waals surface area contributed by atoms with Crippen molar-refractivity contribution >= 4 is 11.3 Å². The Morgan fingerprint density at radius 1 is 1.30 bits per heavy atom. The molecule has 0 bridgehead atoms. The van der Waals surface area contributed by atoms with Crippen LogP contribution in [-0.4, -0.2) is 53.0 Å². The second-order valence-corrected chi connectivity index (χ2v) is 7.25. The summed E-state index contributed by atoms with van der Waals surface area (Å²) in [5.74, 6) is 0. The monoisotopic (exact) mass is 294 g/mol. The van der Waals surface area contributed by atoms with Gasteiger partial charge < -0.3 is 5.32 Å². The fourth-order valence-corrected chi connectivity index (χ4v) is 3.49. The Balaban J connectivity index is 1.43. The van der Waals surface area contributed by atoms with Gasteiger partial charge in [-0.15, -0.1) is 11.3 Å². The molecule has 1 saturated carbocycles. The molecule has 1 aliphatic carbocycles. The molecule has 1 aromatic rings. The molecule has 2 fully saturated rings. The van der Waals surface area contributed by atoms with Gasteiger partial charge in [0, 0.05) is 56.7 Å². The number of hydrogen-bond donors (Lipinski definition) is 1. The highest BCUT2D eigenvalue weighted by Crippen LogP contribution is 2.27. The van der Waals surface area contributed by atoms with Gasteiger partial charge in [0.15, 0.2) is 0 Å². The van der Waals surface area contributed by atoms with Gasteiger partial charge >= 0.3 is 0 Å². The number of piperazine rings is 1. The number of nitrogens with zero attached hydrogens (tertiary/aromatic N) is 3. The Labute approximate surface area is 126 Å². The lowest BCUT2D eigenvalue weighted by molar-refractivity contribution is 0.120. The Morgan fingerprint density at radius 3 is 2.70 bits per heavy atom. The molecule has 112 valence electrons. The predicted octanol–water partition coefficient (Wildman–Crippen LogP) is 1.92. The van der Waals surface area contributed by atoms with Gasteiger partial charge in [-0.2, -0.15) is 0 Å². The van der Waals surface area contributed by atoms with Crippen LogP contribution in [0.25, 0.3) is 0 Å². The van der Waals surface area contributed by atoms with Crippen molar-refractivity contribution in [3.8, 4) is 0 Å². The first-order valence-corrected chi connectivity index (χ1v) is 8.72. The second-order valence-electron chi connectivity index (χ2n) is 6.31. The third kappa shape index (κ3) is 4.01. The van der Waals surface area contributed by atoms with Gasteiger partial charge in [0.1, 0.15) is 5.01 Å². The lowest BCUT2D eigenvalue weighted by Gasteiger charge is -2.34. The molecule has 0 spiro atoms. The zero-order chi connectivity index (χ0) is 13.9. The third-order valence-corrected chi connectivity index (χ3v) is 5.01. The van der Waals surface area contributed by atoms with Crippen LogP contribution in [0.2, 0.25) is 0 Å². The van der Waals surface area contributed by atoms with Gasteiger partial charge in [-0.3, -0.25) is 9.80 Å².